The van der Waals surface area contributed by atoms with Gasteiger partial charge in [-0.1, -0.05) is 12.1 Å². The van der Waals surface area contributed by atoms with E-state index in [0.717, 1.165) is 5.56 Å². The number of ether oxygens (including phenoxy) is 1. The molecule has 0 saturated heterocycles. The average molecular weight is 304 g/mol. The maximum Gasteiger partial charge on any atom is 0.175 e. The Morgan fingerprint density at radius 1 is 1.10 bits per heavy atom. The molecule has 5 heteroatoms. The van der Waals surface area contributed by atoms with Gasteiger partial charge in [-0.2, -0.15) is 0 Å². The van der Waals surface area contributed by atoms with Crippen molar-refractivity contribution in [2.45, 2.75) is 18.4 Å². The van der Waals surface area contributed by atoms with Gasteiger partial charge in [0.05, 0.1) is 4.90 Å². The van der Waals surface area contributed by atoms with E-state index >= 15 is 0 Å². The van der Waals surface area contributed by atoms with Gasteiger partial charge in [-0.15, -0.1) is 0 Å². The molecule has 0 saturated carbocycles. The number of carbonyl (C=O) groups excluding carboxylic acids is 1. The largest absolute Gasteiger partial charge is 0.489 e. The summed E-state index contributed by atoms with van der Waals surface area (Å²) in [5.74, 6) is 0.632. The predicted molar refractivity (Wildman–Crippen MR) is 80.3 cm³/mol. The van der Waals surface area contributed by atoms with E-state index in [-0.39, 0.29) is 17.3 Å². The van der Waals surface area contributed by atoms with E-state index in [9.17, 15) is 13.2 Å². The number of hydrogen-bond acceptors (Lipinski definition) is 4. The van der Waals surface area contributed by atoms with Crippen LogP contribution in [-0.4, -0.2) is 20.5 Å². The van der Waals surface area contributed by atoms with E-state index in [1.165, 1.54) is 13.2 Å². The van der Waals surface area contributed by atoms with Crippen LogP contribution < -0.4 is 4.74 Å². The number of rotatable bonds is 5. The Hall–Kier alpha value is -2.14. The van der Waals surface area contributed by atoms with E-state index in [4.69, 9.17) is 4.74 Å². The highest BCUT2D eigenvalue weighted by molar-refractivity contribution is 7.90. The van der Waals surface area contributed by atoms with Crippen LogP contribution in [0, 0.1) is 0 Å². The van der Waals surface area contributed by atoms with Crippen molar-refractivity contribution in [1.29, 1.82) is 0 Å². The second-order valence-electron chi connectivity index (χ2n) is 4.79. The van der Waals surface area contributed by atoms with Crippen molar-refractivity contribution in [2.24, 2.45) is 0 Å². The molecule has 0 aliphatic heterocycles. The van der Waals surface area contributed by atoms with E-state index in [0.29, 0.717) is 11.3 Å². The SMILES string of the molecule is CC(=O)c1ccc(OCc2cccc(S(C)(=O)=O)c2)cc1. The van der Waals surface area contributed by atoms with Crippen molar-refractivity contribution in [1.82, 2.24) is 0 Å². The van der Waals surface area contributed by atoms with Gasteiger partial charge in [0, 0.05) is 11.8 Å². The molecule has 2 aromatic carbocycles. The highest BCUT2D eigenvalue weighted by atomic mass is 32.2. The summed E-state index contributed by atoms with van der Waals surface area (Å²) in [6.45, 7) is 1.77. The van der Waals surface area contributed by atoms with E-state index in [1.54, 1.807) is 48.5 Å². The molecular formula is C16H16O4S. The van der Waals surface area contributed by atoms with Gasteiger partial charge in [0.25, 0.3) is 0 Å². The van der Waals surface area contributed by atoms with Crippen molar-refractivity contribution < 1.29 is 17.9 Å². The Kier molecular flexibility index (Phi) is 4.43. The normalized spacial score (nSPS) is 11.1. The topological polar surface area (TPSA) is 60.4 Å². The summed E-state index contributed by atoms with van der Waals surface area (Å²) in [5.41, 5.74) is 1.40. The van der Waals surface area contributed by atoms with E-state index in [2.05, 4.69) is 0 Å². The lowest BCUT2D eigenvalue weighted by atomic mass is 10.1. The van der Waals surface area contributed by atoms with Crippen LogP contribution in [-0.2, 0) is 16.4 Å². The van der Waals surface area contributed by atoms with Crippen LogP contribution in [0.1, 0.15) is 22.8 Å². The van der Waals surface area contributed by atoms with Crippen LogP contribution in [0.25, 0.3) is 0 Å². The Morgan fingerprint density at radius 2 is 1.76 bits per heavy atom. The Bertz CT molecular complexity index is 746. The first-order valence-electron chi connectivity index (χ1n) is 6.39. The van der Waals surface area contributed by atoms with Crippen molar-refractivity contribution >= 4 is 15.6 Å². The monoisotopic (exact) mass is 304 g/mol. The lowest BCUT2D eigenvalue weighted by Gasteiger charge is -2.08. The molecule has 21 heavy (non-hydrogen) atoms. The lowest BCUT2D eigenvalue weighted by Crippen LogP contribution is -2.00. The van der Waals surface area contributed by atoms with Crippen LogP contribution in [0.5, 0.6) is 5.75 Å². The number of benzene rings is 2. The molecule has 4 nitrogen and oxygen atoms in total. The minimum atomic E-state index is -3.22. The number of Topliss-reactive ketones (excluding diaryl/α,β-unsaturated/α-hetero) is 1. The lowest BCUT2D eigenvalue weighted by molar-refractivity contribution is 0.101. The fraction of sp³-hybridized carbons (Fsp3) is 0.188. The molecule has 0 aliphatic rings. The second-order valence-corrected chi connectivity index (χ2v) is 6.80. The zero-order chi connectivity index (χ0) is 15.5. The summed E-state index contributed by atoms with van der Waals surface area (Å²) in [6.07, 6.45) is 1.17. The van der Waals surface area contributed by atoms with Gasteiger partial charge in [0.2, 0.25) is 0 Å². The molecule has 0 unspecified atom stereocenters. The molecule has 110 valence electrons. The molecule has 0 radical (unpaired) electrons. The van der Waals surface area contributed by atoms with Gasteiger partial charge in [-0.3, -0.25) is 4.79 Å². The highest BCUT2D eigenvalue weighted by Gasteiger charge is 2.07. The molecule has 2 aromatic rings. The first-order chi connectivity index (χ1) is 9.86. The molecule has 0 amide bonds. The van der Waals surface area contributed by atoms with Gasteiger partial charge in [0.1, 0.15) is 12.4 Å². The molecule has 0 N–H and O–H groups in total. The summed E-state index contributed by atoms with van der Waals surface area (Å²) >= 11 is 0. The molecule has 0 aliphatic carbocycles. The fourth-order valence-electron chi connectivity index (χ4n) is 1.82. The zero-order valence-corrected chi connectivity index (χ0v) is 12.7. The second kappa shape index (κ2) is 6.10. The third-order valence-corrected chi connectivity index (χ3v) is 4.10. The Morgan fingerprint density at radius 3 is 2.33 bits per heavy atom. The van der Waals surface area contributed by atoms with Crippen molar-refractivity contribution in [3.05, 3.63) is 59.7 Å². The van der Waals surface area contributed by atoms with Gasteiger partial charge < -0.3 is 4.74 Å². The Labute approximate surface area is 124 Å². The molecular weight excluding hydrogens is 288 g/mol. The van der Waals surface area contributed by atoms with Crippen LogP contribution in [0.15, 0.2) is 53.4 Å². The number of carbonyl (C=O) groups is 1. The Balaban J connectivity index is 2.08. The molecule has 0 fully saturated rings. The molecule has 0 atom stereocenters. The molecule has 0 heterocycles. The first-order valence-corrected chi connectivity index (χ1v) is 8.28. The van der Waals surface area contributed by atoms with Crippen molar-refractivity contribution in [2.75, 3.05) is 6.26 Å². The third kappa shape index (κ3) is 4.16. The van der Waals surface area contributed by atoms with Crippen molar-refractivity contribution in [3.63, 3.8) is 0 Å². The summed E-state index contributed by atoms with van der Waals surface area (Å²) in [4.78, 5) is 11.4. The predicted octanol–water partition coefficient (Wildman–Crippen LogP) is 2.87. The quantitative estimate of drug-likeness (QED) is 0.797. The molecule has 0 spiro atoms. The zero-order valence-electron chi connectivity index (χ0n) is 11.9. The average Bonchev–Trinajstić information content (AvgIpc) is 2.45. The van der Waals surface area contributed by atoms with Gasteiger partial charge in [-0.25, -0.2) is 8.42 Å². The summed E-state index contributed by atoms with van der Waals surface area (Å²) in [7, 11) is -3.22. The van der Waals surface area contributed by atoms with Gasteiger partial charge in [0.15, 0.2) is 15.6 Å². The number of hydrogen-bond donors (Lipinski definition) is 0. The molecule has 2 rings (SSSR count). The van der Waals surface area contributed by atoms with E-state index < -0.39 is 9.84 Å². The minimum absolute atomic E-state index is 0.00223. The molecule has 0 aromatic heterocycles. The third-order valence-electron chi connectivity index (χ3n) is 2.99. The standard InChI is InChI=1S/C16H16O4S/c1-12(17)14-6-8-15(9-7-14)20-11-13-4-3-5-16(10-13)21(2,18)19/h3-10H,11H2,1-2H3. The van der Waals surface area contributed by atoms with E-state index in [1.807, 2.05) is 0 Å². The summed E-state index contributed by atoms with van der Waals surface area (Å²) in [6, 6.07) is 13.5. The summed E-state index contributed by atoms with van der Waals surface area (Å²) < 4.78 is 28.6. The van der Waals surface area contributed by atoms with Crippen LogP contribution in [0.4, 0.5) is 0 Å². The van der Waals surface area contributed by atoms with Gasteiger partial charge >= 0.3 is 0 Å². The molecule has 0 bridgehead atoms. The summed E-state index contributed by atoms with van der Waals surface area (Å²) in [5, 5.41) is 0. The number of ketones is 1. The van der Waals surface area contributed by atoms with Gasteiger partial charge in [-0.05, 0) is 48.9 Å². The smallest absolute Gasteiger partial charge is 0.175 e. The van der Waals surface area contributed by atoms with Crippen LogP contribution in [0.3, 0.4) is 0 Å². The van der Waals surface area contributed by atoms with Crippen molar-refractivity contribution in [3.8, 4) is 5.75 Å². The maximum atomic E-state index is 11.5. The highest BCUT2D eigenvalue weighted by Crippen LogP contribution is 2.16. The van der Waals surface area contributed by atoms with Crippen LogP contribution >= 0.6 is 0 Å². The fourth-order valence-corrected chi connectivity index (χ4v) is 2.51. The maximum absolute atomic E-state index is 11.5. The van der Waals surface area contributed by atoms with Crippen LogP contribution in [0.2, 0.25) is 0 Å². The minimum Gasteiger partial charge on any atom is -0.489 e. The number of sulfone groups is 1. The first kappa shape index (κ1) is 15.3.